The molecule has 1 heterocycles. The van der Waals surface area contributed by atoms with Crippen LogP contribution >= 0.6 is 0 Å². The molecule has 1 aliphatic heterocycles. The van der Waals surface area contributed by atoms with Gasteiger partial charge in [0.1, 0.15) is 0 Å². The van der Waals surface area contributed by atoms with Gasteiger partial charge in [-0.25, -0.2) is 8.78 Å². The Kier molecular flexibility index (Phi) is 3.45. The number of nitrogens with zero attached hydrogens (tertiary/aromatic N) is 4. The van der Waals surface area contributed by atoms with E-state index in [9.17, 15) is 8.78 Å². The predicted molar refractivity (Wildman–Crippen MR) is 44.6 cm³/mol. The Labute approximate surface area is 75.1 Å². The van der Waals surface area contributed by atoms with Gasteiger partial charge in [-0.1, -0.05) is 5.11 Å². The molecule has 1 aliphatic rings. The van der Waals surface area contributed by atoms with Crippen LogP contribution in [0.5, 0.6) is 0 Å². The van der Waals surface area contributed by atoms with Crippen LogP contribution in [0.1, 0.15) is 12.8 Å². The summed E-state index contributed by atoms with van der Waals surface area (Å²) in [7, 11) is 0. The van der Waals surface area contributed by atoms with Crippen LogP contribution in [-0.2, 0) is 0 Å². The first-order chi connectivity index (χ1) is 6.14. The lowest BCUT2D eigenvalue weighted by Gasteiger charge is -2.31. The number of alkyl halides is 2. The zero-order chi connectivity index (χ0) is 9.73. The summed E-state index contributed by atoms with van der Waals surface area (Å²) in [6.45, 7) is 1.18. The van der Waals surface area contributed by atoms with Crippen molar-refractivity contribution >= 4 is 0 Å². The summed E-state index contributed by atoms with van der Waals surface area (Å²) in [6, 6.07) is 0. The van der Waals surface area contributed by atoms with Gasteiger partial charge in [0.2, 0.25) is 0 Å². The van der Waals surface area contributed by atoms with Crippen molar-refractivity contribution in [3.63, 3.8) is 0 Å². The van der Waals surface area contributed by atoms with Crippen LogP contribution in [0.2, 0.25) is 0 Å². The summed E-state index contributed by atoms with van der Waals surface area (Å²) < 4.78 is 25.6. The second kappa shape index (κ2) is 4.39. The van der Waals surface area contributed by atoms with E-state index in [0.29, 0.717) is 19.5 Å². The molecule has 0 spiro atoms. The highest BCUT2D eigenvalue weighted by molar-refractivity contribution is 4.78. The Morgan fingerprint density at radius 2 is 2.31 bits per heavy atom. The number of piperidine rings is 1. The Hall–Kier alpha value is -0.870. The number of azide groups is 1. The molecule has 13 heavy (non-hydrogen) atoms. The van der Waals surface area contributed by atoms with Crippen LogP contribution in [-0.4, -0.2) is 37.0 Å². The van der Waals surface area contributed by atoms with Crippen LogP contribution in [0, 0.1) is 0 Å². The molecule has 0 aromatic carbocycles. The van der Waals surface area contributed by atoms with E-state index in [1.54, 1.807) is 4.90 Å². The summed E-state index contributed by atoms with van der Waals surface area (Å²) in [5, 5.41) is 3.31. The van der Waals surface area contributed by atoms with Crippen LogP contribution in [0.3, 0.4) is 0 Å². The highest BCUT2D eigenvalue weighted by Gasteiger charge is 2.34. The molecule has 0 atom stereocenters. The van der Waals surface area contributed by atoms with Crippen molar-refractivity contribution in [2.75, 3.05) is 26.2 Å². The van der Waals surface area contributed by atoms with E-state index in [4.69, 9.17) is 5.53 Å². The van der Waals surface area contributed by atoms with Crippen molar-refractivity contribution in [1.29, 1.82) is 0 Å². The molecule has 0 radical (unpaired) electrons. The minimum atomic E-state index is -2.56. The fraction of sp³-hybridized carbons (Fsp3) is 1.00. The van der Waals surface area contributed by atoms with Gasteiger partial charge in [0.25, 0.3) is 5.92 Å². The minimum absolute atomic E-state index is 0.0228. The number of rotatable bonds is 3. The normalized spacial score (nSPS) is 22.3. The average Bonchev–Trinajstić information content (AvgIpc) is 2.03. The zero-order valence-corrected chi connectivity index (χ0v) is 7.29. The molecule has 0 amide bonds. The Morgan fingerprint density at radius 3 is 2.92 bits per heavy atom. The number of halogens is 2. The van der Waals surface area contributed by atoms with Crippen molar-refractivity contribution in [2.45, 2.75) is 18.8 Å². The highest BCUT2D eigenvalue weighted by Crippen LogP contribution is 2.25. The van der Waals surface area contributed by atoms with Crippen molar-refractivity contribution in [3.05, 3.63) is 10.4 Å². The van der Waals surface area contributed by atoms with Crippen molar-refractivity contribution < 1.29 is 8.78 Å². The van der Waals surface area contributed by atoms with E-state index < -0.39 is 5.92 Å². The summed E-state index contributed by atoms with van der Waals surface area (Å²) in [5.41, 5.74) is 7.99. The predicted octanol–water partition coefficient (Wildman–Crippen LogP) is 2.03. The lowest BCUT2D eigenvalue weighted by atomic mass is 10.1. The Balaban J connectivity index is 2.30. The van der Waals surface area contributed by atoms with E-state index in [0.717, 1.165) is 0 Å². The van der Waals surface area contributed by atoms with Gasteiger partial charge >= 0.3 is 0 Å². The van der Waals surface area contributed by atoms with Crippen molar-refractivity contribution in [3.8, 4) is 0 Å². The molecule has 1 fully saturated rings. The van der Waals surface area contributed by atoms with Gasteiger partial charge in [0, 0.05) is 24.4 Å². The van der Waals surface area contributed by atoms with Gasteiger partial charge in [-0.05, 0) is 18.5 Å². The van der Waals surface area contributed by atoms with Gasteiger partial charge in [-0.2, -0.15) is 0 Å². The van der Waals surface area contributed by atoms with Crippen LogP contribution in [0.15, 0.2) is 5.11 Å². The third-order valence-corrected chi connectivity index (χ3v) is 2.05. The zero-order valence-electron chi connectivity index (χ0n) is 7.29. The molecule has 0 N–H and O–H groups in total. The van der Waals surface area contributed by atoms with Gasteiger partial charge in [0.15, 0.2) is 0 Å². The number of hydrogen-bond donors (Lipinski definition) is 0. The number of hydrogen-bond acceptors (Lipinski definition) is 2. The maximum absolute atomic E-state index is 12.8. The van der Waals surface area contributed by atoms with E-state index in [-0.39, 0.29) is 19.5 Å². The highest BCUT2D eigenvalue weighted by atomic mass is 19.3. The molecule has 0 saturated carbocycles. The lowest BCUT2D eigenvalue weighted by molar-refractivity contribution is -0.0630. The summed E-state index contributed by atoms with van der Waals surface area (Å²) >= 11 is 0. The fourth-order valence-electron chi connectivity index (χ4n) is 1.47. The van der Waals surface area contributed by atoms with Gasteiger partial charge in [-0.3, -0.25) is 4.90 Å². The standard InChI is InChI=1S/C7H12F2N4/c8-7(9)2-1-4-13(6-7)5-3-11-12-10/h1-6H2. The minimum Gasteiger partial charge on any atom is -0.297 e. The molecular weight excluding hydrogens is 178 g/mol. The third-order valence-electron chi connectivity index (χ3n) is 2.05. The second-order valence-electron chi connectivity index (χ2n) is 3.19. The quantitative estimate of drug-likeness (QED) is 0.381. The van der Waals surface area contributed by atoms with E-state index in [2.05, 4.69) is 10.0 Å². The first kappa shape index (κ1) is 10.2. The lowest BCUT2D eigenvalue weighted by Crippen LogP contribution is -2.43. The molecule has 0 unspecified atom stereocenters. The number of likely N-dealkylation sites (tertiary alicyclic amines) is 1. The van der Waals surface area contributed by atoms with E-state index in [1.165, 1.54) is 0 Å². The van der Waals surface area contributed by atoms with Crippen molar-refractivity contribution in [2.24, 2.45) is 5.11 Å². The molecule has 4 nitrogen and oxygen atoms in total. The van der Waals surface area contributed by atoms with Gasteiger partial charge < -0.3 is 0 Å². The summed E-state index contributed by atoms with van der Waals surface area (Å²) in [6.07, 6.45) is 0.494. The molecular formula is C7H12F2N4. The Bertz CT molecular complexity index is 213. The first-order valence-corrected chi connectivity index (χ1v) is 4.25. The van der Waals surface area contributed by atoms with Crippen LogP contribution < -0.4 is 0 Å². The van der Waals surface area contributed by atoms with Gasteiger partial charge in [-0.15, -0.1) is 0 Å². The Morgan fingerprint density at radius 1 is 1.54 bits per heavy atom. The maximum Gasteiger partial charge on any atom is 0.260 e. The van der Waals surface area contributed by atoms with Crippen molar-refractivity contribution in [1.82, 2.24) is 4.90 Å². The largest absolute Gasteiger partial charge is 0.297 e. The molecule has 6 heteroatoms. The fourth-order valence-corrected chi connectivity index (χ4v) is 1.47. The van der Waals surface area contributed by atoms with Crippen LogP contribution in [0.4, 0.5) is 8.78 Å². The second-order valence-corrected chi connectivity index (χ2v) is 3.19. The first-order valence-electron chi connectivity index (χ1n) is 4.25. The van der Waals surface area contributed by atoms with E-state index in [1.807, 2.05) is 0 Å². The maximum atomic E-state index is 12.8. The average molecular weight is 190 g/mol. The smallest absolute Gasteiger partial charge is 0.260 e. The molecule has 0 aromatic rings. The van der Waals surface area contributed by atoms with E-state index >= 15 is 0 Å². The monoisotopic (exact) mass is 190 g/mol. The summed E-state index contributed by atoms with van der Waals surface area (Å²) in [4.78, 5) is 4.20. The summed E-state index contributed by atoms with van der Waals surface area (Å²) in [5.74, 6) is -2.56. The molecule has 74 valence electrons. The molecule has 1 rings (SSSR count). The molecule has 1 saturated heterocycles. The van der Waals surface area contributed by atoms with Crippen LogP contribution in [0.25, 0.3) is 10.4 Å². The topological polar surface area (TPSA) is 52.0 Å². The molecule has 0 bridgehead atoms. The SMILES string of the molecule is [N-]=[N+]=NCCN1CCCC(F)(F)C1. The molecule has 0 aromatic heterocycles. The third kappa shape index (κ3) is 3.57. The van der Waals surface area contributed by atoms with Gasteiger partial charge in [0.05, 0.1) is 6.54 Å². The molecule has 0 aliphatic carbocycles.